The molecular weight excluding hydrogens is 436 g/mol. The SMILES string of the molecule is O=C1/C(=C/c2ccc(OCc3cccc4ccccc34)c(Br)c2)Cc2ccccc21. The highest BCUT2D eigenvalue weighted by molar-refractivity contribution is 9.10. The van der Waals surface area contributed by atoms with Gasteiger partial charge < -0.3 is 4.74 Å². The van der Waals surface area contributed by atoms with Gasteiger partial charge in [0.15, 0.2) is 5.78 Å². The minimum Gasteiger partial charge on any atom is -0.488 e. The van der Waals surface area contributed by atoms with E-state index in [1.165, 1.54) is 10.8 Å². The summed E-state index contributed by atoms with van der Waals surface area (Å²) in [6, 6.07) is 28.4. The lowest BCUT2D eigenvalue weighted by Crippen LogP contribution is -1.98. The minimum absolute atomic E-state index is 0.123. The van der Waals surface area contributed by atoms with Crippen LogP contribution in [-0.4, -0.2) is 5.78 Å². The standard InChI is InChI=1S/C27H19BrO2/c28-25-15-18(14-22-16-20-7-2-4-11-24(20)27(22)29)12-13-26(25)30-17-21-9-5-8-19-6-1-3-10-23(19)21/h1-15H,16-17H2/b22-14+. The van der Waals surface area contributed by atoms with Crippen molar-refractivity contribution in [2.75, 3.05) is 0 Å². The fourth-order valence-corrected chi connectivity index (χ4v) is 4.48. The highest BCUT2D eigenvalue weighted by Gasteiger charge is 2.23. The fraction of sp³-hybridized carbons (Fsp3) is 0.0741. The second kappa shape index (κ2) is 7.92. The second-order valence-corrected chi connectivity index (χ2v) is 8.30. The predicted molar refractivity (Wildman–Crippen MR) is 125 cm³/mol. The Morgan fingerprint density at radius 1 is 0.900 bits per heavy atom. The lowest BCUT2D eigenvalue weighted by Gasteiger charge is -2.11. The molecule has 0 aromatic heterocycles. The Morgan fingerprint density at radius 2 is 1.70 bits per heavy atom. The van der Waals surface area contributed by atoms with E-state index in [1.54, 1.807) is 0 Å². The molecule has 3 heteroatoms. The van der Waals surface area contributed by atoms with E-state index in [-0.39, 0.29) is 5.78 Å². The largest absolute Gasteiger partial charge is 0.488 e. The average Bonchev–Trinajstić information content (AvgIpc) is 3.08. The van der Waals surface area contributed by atoms with Crippen molar-refractivity contribution in [3.8, 4) is 5.75 Å². The van der Waals surface area contributed by atoms with Gasteiger partial charge in [-0.1, -0.05) is 72.8 Å². The molecule has 2 nitrogen and oxygen atoms in total. The Labute approximate surface area is 183 Å². The van der Waals surface area contributed by atoms with Crippen LogP contribution in [0.4, 0.5) is 0 Å². The number of hydrogen-bond acceptors (Lipinski definition) is 2. The van der Waals surface area contributed by atoms with Crippen LogP contribution in [0.2, 0.25) is 0 Å². The first-order valence-electron chi connectivity index (χ1n) is 9.91. The third-order valence-corrected chi connectivity index (χ3v) is 6.11. The summed E-state index contributed by atoms with van der Waals surface area (Å²) in [5.74, 6) is 0.907. The van der Waals surface area contributed by atoms with E-state index in [4.69, 9.17) is 4.74 Å². The first-order chi connectivity index (χ1) is 14.7. The van der Waals surface area contributed by atoms with Crippen LogP contribution < -0.4 is 4.74 Å². The molecule has 0 heterocycles. The summed E-state index contributed by atoms with van der Waals surface area (Å²) >= 11 is 3.62. The maximum atomic E-state index is 12.6. The Morgan fingerprint density at radius 3 is 2.57 bits per heavy atom. The van der Waals surface area contributed by atoms with E-state index < -0.39 is 0 Å². The summed E-state index contributed by atoms with van der Waals surface area (Å²) < 4.78 is 6.97. The summed E-state index contributed by atoms with van der Waals surface area (Å²) in [7, 11) is 0. The van der Waals surface area contributed by atoms with E-state index >= 15 is 0 Å². The normalized spacial score (nSPS) is 14.3. The zero-order chi connectivity index (χ0) is 20.5. The number of benzene rings is 4. The Hall–Kier alpha value is -3.17. The van der Waals surface area contributed by atoms with Crippen LogP contribution in [0, 0.1) is 0 Å². The maximum absolute atomic E-state index is 12.6. The van der Waals surface area contributed by atoms with Gasteiger partial charge in [-0.3, -0.25) is 4.79 Å². The van der Waals surface area contributed by atoms with Crippen LogP contribution in [-0.2, 0) is 13.0 Å². The van der Waals surface area contributed by atoms with Crippen molar-refractivity contribution in [1.29, 1.82) is 0 Å². The number of rotatable bonds is 4. The molecule has 4 aromatic rings. The third kappa shape index (κ3) is 3.57. The van der Waals surface area contributed by atoms with Gasteiger partial charge in [-0.25, -0.2) is 0 Å². The highest BCUT2D eigenvalue weighted by atomic mass is 79.9. The van der Waals surface area contributed by atoms with E-state index in [1.807, 2.05) is 60.7 Å². The molecule has 5 rings (SSSR count). The quantitative estimate of drug-likeness (QED) is 0.310. The van der Waals surface area contributed by atoms with Gasteiger partial charge in [-0.15, -0.1) is 0 Å². The van der Waals surface area contributed by atoms with Gasteiger partial charge in [-0.2, -0.15) is 0 Å². The van der Waals surface area contributed by atoms with E-state index in [2.05, 4.69) is 46.3 Å². The van der Waals surface area contributed by atoms with Crippen molar-refractivity contribution in [2.24, 2.45) is 0 Å². The number of carbonyl (C=O) groups is 1. The lowest BCUT2D eigenvalue weighted by atomic mass is 10.1. The molecule has 0 unspecified atom stereocenters. The van der Waals surface area contributed by atoms with E-state index in [0.29, 0.717) is 13.0 Å². The van der Waals surface area contributed by atoms with Crippen LogP contribution in [0.15, 0.2) is 95.0 Å². The Kier molecular flexibility index (Phi) is 4.97. The topological polar surface area (TPSA) is 26.3 Å². The molecule has 0 aliphatic heterocycles. The molecule has 0 spiro atoms. The van der Waals surface area contributed by atoms with Gasteiger partial charge in [-0.05, 0) is 61.6 Å². The molecule has 0 atom stereocenters. The molecule has 1 aliphatic rings. The summed E-state index contributed by atoms with van der Waals surface area (Å²) in [5.41, 5.74) is 4.88. The molecule has 4 aromatic carbocycles. The zero-order valence-corrected chi connectivity index (χ0v) is 17.9. The molecule has 1 aliphatic carbocycles. The van der Waals surface area contributed by atoms with Gasteiger partial charge in [0.25, 0.3) is 0 Å². The highest BCUT2D eigenvalue weighted by Crippen LogP contribution is 2.31. The molecule has 0 amide bonds. The first kappa shape index (κ1) is 18.8. The van der Waals surface area contributed by atoms with Crippen molar-refractivity contribution in [3.05, 3.63) is 117 Å². The van der Waals surface area contributed by atoms with Crippen LogP contribution in [0.5, 0.6) is 5.75 Å². The molecule has 30 heavy (non-hydrogen) atoms. The molecule has 0 fully saturated rings. The van der Waals surface area contributed by atoms with Crippen molar-refractivity contribution < 1.29 is 9.53 Å². The number of hydrogen-bond donors (Lipinski definition) is 0. The summed E-state index contributed by atoms with van der Waals surface area (Å²) in [4.78, 5) is 12.6. The summed E-state index contributed by atoms with van der Waals surface area (Å²) in [5, 5.41) is 2.42. The lowest BCUT2D eigenvalue weighted by molar-refractivity contribution is 0.104. The van der Waals surface area contributed by atoms with Crippen molar-refractivity contribution >= 4 is 38.6 Å². The number of ketones is 1. The van der Waals surface area contributed by atoms with E-state index in [9.17, 15) is 4.79 Å². The number of carbonyl (C=O) groups excluding carboxylic acids is 1. The smallest absolute Gasteiger partial charge is 0.189 e. The molecule has 146 valence electrons. The molecule has 0 saturated heterocycles. The molecular formula is C27H19BrO2. The second-order valence-electron chi connectivity index (χ2n) is 7.45. The number of ether oxygens (including phenoxy) is 1. The summed E-state index contributed by atoms with van der Waals surface area (Å²) in [6.07, 6.45) is 2.66. The fourth-order valence-electron chi connectivity index (χ4n) is 3.97. The molecule has 0 saturated carbocycles. The van der Waals surface area contributed by atoms with Crippen molar-refractivity contribution in [1.82, 2.24) is 0 Å². The van der Waals surface area contributed by atoms with Crippen molar-refractivity contribution in [2.45, 2.75) is 13.0 Å². The van der Waals surface area contributed by atoms with Crippen LogP contribution in [0.25, 0.3) is 16.8 Å². The van der Waals surface area contributed by atoms with Gasteiger partial charge in [0.05, 0.1) is 4.47 Å². The van der Waals surface area contributed by atoms with Gasteiger partial charge >= 0.3 is 0 Å². The van der Waals surface area contributed by atoms with Crippen molar-refractivity contribution in [3.63, 3.8) is 0 Å². The number of Topliss-reactive ketones (excluding diaryl/α,β-unsaturated/α-hetero) is 1. The van der Waals surface area contributed by atoms with Crippen LogP contribution in [0.3, 0.4) is 0 Å². The monoisotopic (exact) mass is 454 g/mol. The average molecular weight is 455 g/mol. The minimum atomic E-state index is 0.123. The Bertz CT molecular complexity index is 1300. The third-order valence-electron chi connectivity index (χ3n) is 5.49. The summed E-state index contributed by atoms with van der Waals surface area (Å²) in [6.45, 7) is 0.494. The number of allylic oxidation sites excluding steroid dienone is 1. The maximum Gasteiger partial charge on any atom is 0.189 e. The van der Waals surface area contributed by atoms with Gasteiger partial charge in [0.1, 0.15) is 12.4 Å². The molecule has 0 N–H and O–H groups in total. The molecule has 0 bridgehead atoms. The van der Waals surface area contributed by atoms with Gasteiger partial charge in [0.2, 0.25) is 0 Å². The van der Waals surface area contributed by atoms with E-state index in [0.717, 1.165) is 38.0 Å². The Balaban J connectivity index is 1.35. The van der Waals surface area contributed by atoms with Gasteiger partial charge in [0, 0.05) is 17.6 Å². The zero-order valence-electron chi connectivity index (χ0n) is 16.3. The number of fused-ring (bicyclic) bond motifs is 2. The van der Waals surface area contributed by atoms with Crippen LogP contribution >= 0.6 is 15.9 Å². The first-order valence-corrected chi connectivity index (χ1v) is 10.7. The molecule has 0 radical (unpaired) electrons. The predicted octanol–water partition coefficient (Wildman–Crippen LogP) is 7.00. The van der Waals surface area contributed by atoms with Crippen LogP contribution in [0.1, 0.15) is 27.0 Å². The number of halogens is 1.